The van der Waals surface area contributed by atoms with Crippen LogP contribution in [0.1, 0.15) is 92.9 Å². The molecule has 10 nitrogen and oxygen atoms in total. The van der Waals surface area contributed by atoms with Crippen molar-refractivity contribution in [1.29, 1.82) is 0 Å². The van der Waals surface area contributed by atoms with Crippen LogP contribution >= 0.6 is 0 Å². The molecule has 7 aliphatic rings. The van der Waals surface area contributed by atoms with E-state index in [1.165, 1.54) is 13.3 Å². The lowest BCUT2D eigenvalue weighted by molar-refractivity contribution is -0.303. The zero-order chi connectivity index (χ0) is 32.5. The normalized spacial score (nSPS) is 57.0. The standard InChI is InChI=1S/C35H56O10/c1-17-13-20(21(14-36)43-18(2)37)44-28-25(17)32(5)11-12-35-16-34(35)10-9-24(45-30-27(40)26(39)19(38)15-42-30)31(3,4)22(34)7-8-23(35)33(32,6)29(28)41/h17,19-30,36,38-41H,7-16H2,1-6H3. The topological polar surface area (TPSA) is 155 Å². The van der Waals surface area contributed by atoms with Crippen molar-refractivity contribution in [1.82, 2.24) is 0 Å². The first-order chi connectivity index (χ1) is 21.1. The van der Waals surface area contributed by atoms with E-state index in [0.717, 1.165) is 38.5 Å². The van der Waals surface area contributed by atoms with Crippen molar-refractivity contribution < 1.29 is 49.3 Å². The Kier molecular flexibility index (Phi) is 7.68. The Labute approximate surface area is 267 Å². The highest BCUT2D eigenvalue weighted by atomic mass is 16.7. The minimum absolute atomic E-state index is 0.0661. The van der Waals surface area contributed by atoms with Gasteiger partial charge in [-0.15, -0.1) is 0 Å². The van der Waals surface area contributed by atoms with E-state index in [4.69, 9.17) is 18.9 Å². The van der Waals surface area contributed by atoms with Crippen LogP contribution in [0.25, 0.3) is 0 Å². The fraction of sp³-hybridized carbons (Fsp3) is 0.971. The molecule has 256 valence electrons. The van der Waals surface area contributed by atoms with Crippen molar-refractivity contribution in [2.75, 3.05) is 13.2 Å². The van der Waals surface area contributed by atoms with E-state index < -0.39 is 48.9 Å². The Hall–Kier alpha value is -0.850. The molecule has 10 heteroatoms. The summed E-state index contributed by atoms with van der Waals surface area (Å²) in [6.07, 6.45) is 0.987. The van der Waals surface area contributed by atoms with Gasteiger partial charge in [0.2, 0.25) is 0 Å². The molecule has 45 heavy (non-hydrogen) atoms. The van der Waals surface area contributed by atoms with Gasteiger partial charge in [-0.05, 0) is 96.7 Å². The highest BCUT2D eigenvalue weighted by Crippen LogP contribution is 2.89. The van der Waals surface area contributed by atoms with Crippen LogP contribution in [0.3, 0.4) is 0 Å². The minimum Gasteiger partial charge on any atom is -0.457 e. The van der Waals surface area contributed by atoms with Crippen LogP contribution < -0.4 is 0 Å². The molecule has 2 heterocycles. The predicted molar refractivity (Wildman–Crippen MR) is 161 cm³/mol. The zero-order valence-corrected chi connectivity index (χ0v) is 27.9. The molecule has 0 aromatic rings. The van der Waals surface area contributed by atoms with Gasteiger partial charge in [-0.3, -0.25) is 4.79 Å². The lowest BCUT2D eigenvalue weighted by atomic mass is 9.41. The number of carbonyl (C=O) groups excluding carboxylic acids is 1. The summed E-state index contributed by atoms with van der Waals surface area (Å²) in [5, 5.41) is 53.2. The number of hydrogen-bond donors (Lipinski definition) is 5. The van der Waals surface area contributed by atoms with Gasteiger partial charge in [0.25, 0.3) is 0 Å². The number of fused-ring (bicyclic) bond motifs is 4. The molecule has 5 N–H and O–H groups in total. The summed E-state index contributed by atoms with van der Waals surface area (Å²) >= 11 is 0. The second-order valence-electron chi connectivity index (χ2n) is 17.3. The highest BCUT2D eigenvalue weighted by Gasteiger charge is 2.84. The maximum absolute atomic E-state index is 12.4. The van der Waals surface area contributed by atoms with Gasteiger partial charge >= 0.3 is 5.97 Å². The third-order valence-corrected chi connectivity index (χ3v) is 15.4. The molecule has 0 amide bonds. The zero-order valence-electron chi connectivity index (χ0n) is 27.9. The molecule has 0 bridgehead atoms. The first-order valence-corrected chi connectivity index (χ1v) is 17.5. The van der Waals surface area contributed by atoms with Gasteiger partial charge in [-0.2, -0.15) is 0 Å². The van der Waals surface area contributed by atoms with Crippen LogP contribution in [-0.4, -0.2) is 99.8 Å². The Bertz CT molecular complexity index is 1180. The van der Waals surface area contributed by atoms with Crippen molar-refractivity contribution in [3.8, 4) is 0 Å². The van der Waals surface area contributed by atoms with Crippen LogP contribution in [-0.2, 0) is 23.7 Å². The molecular formula is C35H56O10. The molecule has 0 aromatic heterocycles. The van der Waals surface area contributed by atoms with Crippen molar-refractivity contribution in [3.63, 3.8) is 0 Å². The molecule has 5 saturated carbocycles. The molecular weight excluding hydrogens is 580 g/mol. The summed E-state index contributed by atoms with van der Waals surface area (Å²) in [6.45, 7) is 12.6. The molecule has 0 aromatic carbocycles. The van der Waals surface area contributed by atoms with E-state index in [0.29, 0.717) is 18.3 Å². The van der Waals surface area contributed by atoms with Gasteiger partial charge in [0.05, 0.1) is 37.6 Å². The van der Waals surface area contributed by atoms with Crippen LogP contribution in [0, 0.1) is 50.7 Å². The van der Waals surface area contributed by atoms with E-state index in [-0.39, 0.29) is 64.3 Å². The van der Waals surface area contributed by atoms with Crippen molar-refractivity contribution in [2.24, 2.45) is 50.7 Å². The van der Waals surface area contributed by atoms with Crippen molar-refractivity contribution in [3.05, 3.63) is 0 Å². The van der Waals surface area contributed by atoms with E-state index in [1.54, 1.807) is 0 Å². The van der Waals surface area contributed by atoms with Gasteiger partial charge in [-0.1, -0.05) is 34.6 Å². The fourth-order valence-electron chi connectivity index (χ4n) is 13.3. The second kappa shape index (κ2) is 10.6. The number of aliphatic hydroxyl groups excluding tert-OH is 5. The number of carbonyl (C=O) groups is 1. The smallest absolute Gasteiger partial charge is 0.303 e. The van der Waals surface area contributed by atoms with Gasteiger partial charge in [0, 0.05) is 12.3 Å². The largest absolute Gasteiger partial charge is 0.457 e. The molecule has 7 fully saturated rings. The van der Waals surface area contributed by atoms with E-state index in [1.807, 2.05) is 0 Å². The number of aliphatic hydroxyl groups is 5. The number of ether oxygens (including phenoxy) is 4. The number of esters is 1. The predicted octanol–water partition coefficient (Wildman–Crippen LogP) is 2.55. The van der Waals surface area contributed by atoms with Crippen LogP contribution in [0.4, 0.5) is 0 Å². The van der Waals surface area contributed by atoms with E-state index in [2.05, 4.69) is 34.6 Å². The summed E-state index contributed by atoms with van der Waals surface area (Å²) < 4.78 is 24.2. The average molecular weight is 637 g/mol. The van der Waals surface area contributed by atoms with Crippen molar-refractivity contribution in [2.45, 2.75) is 148 Å². The lowest BCUT2D eigenvalue weighted by Gasteiger charge is -2.64. The first-order valence-electron chi connectivity index (χ1n) is 17.5. The molecule has 7 rings (SSSR count). The molecule has 17 unspecified atom stereocenters. The Morgan fingerprint density at radius 3 is 2.33 bits per heavy atom. The number of hydrogen-bond acceptors (Lipinski definition) is 10. The van der Waals surface area contributed by atoms with Gasteiger partial charge in [-0.25, -0.2) is 0 Å². The quantitative estimate of drug-likeness (QED) is 0.225. The Morgan fingerprint density at radius 1 is 0.956 bits per heavy atom. The van der Waals surface area contributed by atoms with Gasteiger partial charge in [0.1, 0.15) is 18.3 Å². The lowest BCUT2D eigenvalue weighted by Crippen LogP contribution is -2.61. The Morgan fingerprint density at radius 2 is 1.64 bits per heavy atom. The van der Waals surface area contributed by atoms with Gasteiger partial charge < -0.3 is 44.5 Å². The molecule has 2 saturated heterocycles. The maximum Gasteiger partial charge on any atom is 0.303 e. The number of rotatable bonds is 5. The highest BCUT2D eigenvalue weighted by molar-refractivity contribution is 5.66. The molecule has 17 atom stereocenters. The monoisotopic (exact) mass is 636 g/mol. The van der Waals surface area contributed by atoms with Crippen LogP contribution in [0.2, 0.25) is 0 Å². The van der Waals surface area contributed by atoms with Crippen LogP contribution in [0.15, 0.2) is 0 Å². The summed E-state index contributed by atoms with van der Waals surface area (Å²) in [5.74, 6) is 0.795. The molecule has 0 radical (unpaired) electrons. The van der Waals surface area contributed by atoms with E-state index >= 15 is 0 Å². The Balaban J connectivity index is 1.14. The first kappa shape index (κ1) is 32.7. The summed E-state index contributed by atoms with van der Waals surface area (Å²) in [4.78, 5) is 11.8. The average Bonchev–Trinajstić information content (AvgIpc) is 3.61. The summed E-state index contributed by atoms with van der Waals surface area (Å²) in [5.41, 5.74) is -0.258. The van der Waals surface area contributed by atoms with Crippen molar-refractivity contribution >= 4 is 5.97 Å². The summed E-state index contributed by atoms with van der Waals surface area (Å²) in [6, 6.07) is 0. The molecule has 5 aliphatic carbocycles. The van der Waals surface area contributed by atoms with E-state index in [9.17, 15) is 30.3 Å². The SMILES string of the molecule is CC(=O)OC(CO)C1CC(C)C2C(O1)C(O)C1(C)C3CCC4C(C)(C)C(OC5OCC(O)C(O)C5O)CCC45CC35CCC21C. The second-order valence-corrected chi connectivity index (χ2v) is 17.3. The fourth-order valence-corrected chi connectivity index (χ4v) is 13.3. The molecule has 2 spiro atoms. The minimum atomic E-state index is -1.29. The van der Waals surface area contributed by atoms with Crippen LogP contribution in [0.5, 0.6) is 0 Å². The molecule has 2 aliphatic heterocycles. The van der Waals surface area contributed by atoms with Gasteiger partial charge in [0.15, 0.2) is 12.4 Å². The maximum atomic E-state index is 12.4. The summed E-state index contributed by atoms with van der Waals surface area (Å²) in [7, 11) is 0. The third-order valence-electron chi connectivity index (χ3n) is 15.4. The third kappa shape index (κ3) is 4.18.